The lowest BCUT2D eigenvalue weighted by Gasteiger charge is -2.26. The number of thiophene rings is 1. The van der Waals surface area contributed by atoms with E-state index in [0.29, 0.717) is 0 Å². The van der Waals surface area contributed by atoms with E-state index >= 15 is 0 Å². The topological polar surface area (TPSA) is 29.3 Å². The summed E-state index contributed by atoms with van der Waals surface area (Å²) in [7, 11) is 0. The maximum absolute atomic E-state index is 6.41. The molecule has 5 heteroatoms. The van der Waals surface area contributed by atoms with Crippen molar-refractivity contribution in [3.8, 4) is 32.8 Å². The molecule has 0 radical (unpaired) electrons. The first-order valence-corrected chi connectivity index (χ1v) is 19.7. The van der Waals surface area contributed by atoms with E-state index in [9.17, 15) is 0 Å². The van der Waals surface area contributed by atoms with Gasteiger partial charge in [-0.2, -0.15) is 0 Å². The van der Waals surface area contributed by atoms with Crippen molar-refractivity contribution in [1.29, 1.82) is 0 Å². The van der Waals surface area contributed by atoms with Crippen LogP contribution in [0.2, 0.25) is 0 Å². The van der Waals surface area contributed by atoms with Gasteiger partial charge in [-0.3, -0.25) is 0 Å². The zero-order valence-electron chi connectivity index (χ0n) is 28.9. The van der Waals surface area contributed by atoms with Crippen LogP contribution in [-0.4, -0.2) is 4.98 Å². The van der Waals surface area contributed by atoms with Crippen LogP contribution in [0.5, 0.6) is 0 Å². The third-order valence-corrected chi connectivity index (χ3v) is 12.6. The Morgan fingerprint density at radius 2 is 1.07 bits per heavy atom. The zero-order valence-corrected chi connectivity index (χ0v) is 30.6. The van der Waals surface area contributed by atoms with Crippen LogP contribution < -0.4 is 4.90 Å². The number of nitrogens with zero attached hydrogens (tertiary/aromatic N) is 2. The van der Waals surface area contributed by atoms with Crippen molar-refractivity contribution in [3.63, 3.8) is 0 Å². The summed E-state index contributed by atoms with van der Waals surface area (Å²) in [5.41, 5.74) is 11.9. The van der Waals surface area contributed by atoms with Gasteiger partial charge >= 0.3 is 0 Å². The van der Waals surface area contributed by atoms with Crippen LogP contribution in [0.25, 0.3) is 85.2 Å². The standard InChI is InChI=1S/C49H30N2OS2/c1-3-10-31(11-4-1)32-18-22-35(23-19-32)51(36-24-20-33(21-25-36)38-15-9-16-40-39-14-7-8-17-43(39)52-47(38)40)37-26-28-44-41(30-37)46-45(53-44)29-27-42-48(46)54-49(50-42)34-12-5-2-6-13-34/h1-30H. The van der Waals surface area contributed by atoms with Gasteiger partial charge in [0.15, 0.2) is 0 Å². The van der Waals surface area contributed by atoms with Crippen LogP contribution in [0.3, 0.4) is 0 Å². The van der Waals surface area contributed by atoms with Gasteiger partial charge in [0.25, 0.3) is 0 Å². The molecule has 0 fully saturated rings. The van der Waals surface area contributed by atoms with Crippen LogP contribution in [0.4, 0.5) is 17.1 Å². The minimum atomic E-state index is 0.907. The molecule has 8 aromatic carbocycles. The van der Waals surface area contributed by atoms with Gasteiger partial charge in [0.1, 0.15) is 16.2 Å². The van der Waals surface area contributed by atoms with Gasteiger partial charge in [0.05, 0.1) is 10.2 Å². The molecular formula is C49H30N2OS2. The van der Waals surface area contributed by atoms with Gasteiger partial charge in [-0.05, 0) is 77.4 Å². The highest BCUT2D eigenvalue weighted by Crippen LogP contribution is 2.46. The first-order valence-electron chi connectivity index (χ1n) is 18.0. The number of thiazole rings is 1. The average molecular weight is 727 g/mol. The van der Waals surface area contributed by atoms with E-state index in [4.69, 9.17) is 9.40 Å². The number of aromatic nitrogens is 1. The lowest BCUT2D eigenvalue weighted by molar-refractivity contribution is 0.670. The molecular weight excluding hydrogens is 697 g/mol. The number of hydrogen-bond acceptors (Lipinski definition) is 5. The fourth-order valence-electron chi connectivity index (χ4n) is 7.72. The SMILES string of the molecule is c1ccc(-c2ccc(N(c3ccc(-c4cccc5c4oc4ccccc45)cc3)c3ccc4sc5ccc6nc(-c7ccccc7)sc6c5c4c3)cc2)cc1. The molecule has 3 aromatic heterocycles. The molecule has 0 aliphatic carbocycles. The van der Waals surface area contributed by atoms with E-state index in [1.165, 1.54) is 36.0 Å². The molecule has 0 saturated heterocycles. The Morgan fingerprint density at radius 3 is 1.85 bits per heavy atom. The summed E-state index contributed by atoms with van der Waals surface area (Å²) in [6.45, 7) is 0. The molecule has 0 N–H and O–H groups in total. The molecule has 0 spiro atoms. The van der Waals surface area contributed by atoms with Crippen molar-refractivity contribution in [3.05, 3.63) is 182 Å². The van der Waals surface area contributed by atoms with E-state index in [2.05, 4.69) is 175 Å². The first-order chi connectivity index (χ1) is 26.7. The largest absolute Gasteiger partial charge is 0.455 e. The van der Waals surface area contributed by atoms with Gasteiger partial charge in [-0.15, -0.1) is 22.7 Å². The molecule has 3 heterocycles. The second kappa shape index (κ2) is 12.6. The van der Waals surface area contributed by atoms with Crippen molar-refractivity contribution in [2.75, 3.05) is 4.90 Å². The van der Waals surface area contributed by atoms with Gasteiger partial charge in [0, 0.05) is 59.1 Å². The molecule has 0 atom stereocenters. The highest BCUT2D eigenvalue weighted by Gasteiger charge is 2.19. The normalized spacial score (nSPS) is 11.7. The first kappa shape index (κ1) is 31.0. The molecule has 54 heavy (non-hydrogen) atoms. The van der Waals surface area contributed by atoms with Crippen LogP contribution in [0.15, 0.2) is 186 Å². The summed E-state index contributed by atoms with van der Waals surface area (Å²) >= 11 is 3.63. The monoisotopic (exact) mass is 726 g/mol. The Morgan fingerprint density at radius 1 is 0.444 bits per heavy atom. The summed E-state index contributed by atoms with van der Waals surface area (Å²) in [5, 5.41) is 5.85. The molecule has 3 nitrogen and oxygen atoms in total. The van der Waals surface area contributed by atoms with Gasteiger partial charge in [-0.1, -0.05) is 121 Å². The van der Waals surface area contributed by atoms with Crippen molar-refractivity contribution in [2.45, 2.75) is 0 Å². The second-order valence-electron chi connectivity index (χ2n) is 13.5. The second-order valence-corrected chi connectivity index (χ2v) is 15.6. The Labute approximate surface area is 319 Å². The van der Waals surface area contributed by atoms with Gasteiger partial charge in [-0.25, -0.2) is 4.98 Å². The highest BCUT2D eigenvalue weighted by atomic mass is 32.1. The van der Waals surface area contributed by atoms with E-state index in [-0.39, 0.29) is 0 Å². The molecule has 254 valence electrons. The highest BCUT2D eigenvalue weighted by molar-refractivity contribution is 7.28. The third kappa shape index (κ3) is 5.12. The van der Waals surface area contributed by atoms with Crippen LogP contribution >= 0.6 is 22.7 Å². The van der Waals surface area contributed by atoms with E-state index < -0.39 is 0 Å². The minimum absolute atomic E-state index is 0.907. The fraction of sp³-hybridized carbons (Fsp3) is 0. The summed E-state index contributed by atoms with van der Waals surface area (Å²) < 4.78 is 10.2. The molecule has 0 amide bonds. The maximum Gasteiger partial charge on any atom is 0.143 e. The number of hydrogen-bond donors (Lipinski definition) is 0. The molecule has 0 bridgehead atoms. The van der Waals surface area contributed by atoms with Crippen molar-refractivity contribution in [2.24, 2.45) is 0 Å². The Hall–Kier alpha value is -6.53. The fourth-order valence-corrected chi connectivity index (χ4v) is 10.0. The molecule has 11 aromatic rings. The minimum Gasteiger partial charge on any atom is -0.455 e. The van der Waals surface area contributed by atoms with Crippen molar-refractivity contribution in [1.82, 2.24) is 4.98 Å². The Kier molecular flexibility index (Phi) is 7.22. The van der Waals surface area contributed by atoms with Gasteiger partial charge < -0.3 is 9.32 Å². The smallest absolute Gasteiger partial charge is 0.143 e. The summed E-state index contributed by atoms with van der Waals surface area (Å²) in [5.74, 6) is 0. The average Bonchev–Trinajstić information content (AvgIpc) is 3.95. The third-order valence-electron chi connectivity index (χ3n) is 10.3. The van der Waals surface area contributed by atoms with Crippen LogP contribution in [0, 0.1) is 0 Å². The molecule has 0 aliphatic heterocycles. The summed E-state index contributed by atoms with van der Waals surface area (Å²) in [4.78, 5) is 7.44. The number of anilines is 3. The lowest BCUT2D eigenvalue weighted by atomic mass is 10.0. The van der Waals surface area contributed by atoms with E-state index in [0.717, 1.165) is 66.2 Å². The number of para-hydroxylation sites is 2. The quantitative estimate of drug-likeness (QED) is 0.171. The molecule has 0 saturated carbocycles. The summed E-state index contributed by atoms with van der Waals surface area (Å²) in [6, 6.07) is 64.8. The van der Waals surface area contributed by atoms with E-state index in [1.54, 1.807) is 11.3 Å². The number of rotatable bonds is 6. The molecule has 0 aliphatic rings. The zero-order chi connectivity index (χ0) is 35.6. The van der Waals surface area contributed by atoms with Crippen LogP contribution in [0.1, 0.15) is 0 Å². The number of benzene rings is 8. The molecule has 0 unspecified atom stereocenters. The predicted octanol–water partition coefficient (Wildman–Crippen LogP) is 15.0. The van der Waals surface area contributed by atoms with Crippen molar-refractivity contribution >= 4 is 92.1 Å². The van der Waals surface area contributed by atoms with Gasteiger partial charge in [0.2, 0.25) is 0 Å². The van der Waals surface area contributed by atoms with Crippen molar-refractivity contribution < 1.29 is 4.42 Å². The number of fused-ring (bicyclic) bond motifs is 8. The Balaban J connectivity index is 1.06. The maximum atomic E-state index is 6.41. The Bertz CT molecular complexity index is 3140. The predicted molar refractivity (Wildman–Crippen MR) is 231 cm³/mol. The number of furan rings is 1. The lowest BCUT2D eigenvalue weighted by Crippen LogP contribution is -2.09. The van der Waals surface area contributed by atoms with E-state index in [1.807, 2.05) is 23.5 Å². The molecule has 11 rings (SSSR count). The van der Waals surface area contributed by atoms with Crippen LogP contribution in [-0.2, 0) is 0 Å². The summed E-state index contributed by atoms with van der Waals surface area (Å²) in [6.07, 6.45) is 0.